The molecule has 0 aliphatic carbocycles. The number of nitrogens with one attached hydrogen (secondary N) is 1. The zero-order valence-corrected chi connectivity index (χ0v) is 9.94. The number of aromatic nitrogens is 2. The van der Waals surface area contributed by atoms with E-state index >= 15 is 0 Å². The van der Waals surface area contributed by atoms with E-state index in [9.17, 15) is 0 Å². The largest absolute Gasteiger partial charge is 0.473 e. The molecule has 2 heterocycles. The van der Waals surface area contributed by atoms with Gasteiger partial charge in [-0.3, -0.25) is 0 Å². The van der Waals surface area contributed by atoms with Gasteiger partial charge < -0.3 is 10.1 Å². The summed E-state index contributed by atoms with van der Waals surface area (Å²) >= 11 is 0. The van der Waals surface area contributed by atoms with E-state index < -0.39 is 0 Å². The van der Waals surface area contributed by atoms with E-state index in [4.69, 9.17) is 4.74 Å². The van der Waals surface area contributed by atoms with Crippen LogP contribution < -0.4 is 10.1 Å². The van der Waals surface area contributed by atoms with E-state index in [2.05, 4.69) is 29.1 Å². The molecule has 0 radical (unpaired) electrons. The van der Waals surface area contributed by atoms with Gasteiger partial charge in [0, 0.05) is 12.6 Å². The fraction of sp³-hybridized carbons (Fsp3) is 0.667. The SMILES string of the molecule is CC(C)c1cc(O[C@H]2CCCNC2)ncn1. The fourth-order valence-corrected chi connectivity index (χ4v) is 1.82. The third-order valence-electron chi connectivity index (χ3n) is 2.79. The van der Waals surface area contributed by atoms with Gasteiger partial charge in [0.15, 0.2) is 0 Å². The summed E-state index contributed by atoms with van der Waals surface area (Å²) < 4.78 is 5.83. The highest BCUT2D eigenvalue weighted by molar-refractivity contribution is 5.16. The van der Waals surface area contributed by atoms with Gasteiger partial charge in [0.2, 0.25) is 5.88 Å². The first-order valence-corrected chi connectivity index (χ1v) is 5.95. The van der Waals surface area contributed by atoms with Gasteiger partial charge in [-0.15, -0.1) is 0 Å². The van der Waals surface area contributed by atoms with Gasteiger partial charge in [-0.25, -0.2) is 9.97 Å². The van der Waals surface area contributed by atoms with E-state index in [0.29, 0.717) is 11.8 Å². The van der Waals surface area contributed by atoms with Crippen LogP contribution in [-0.4, -0.2) is 29.2 Å². The van der Waals surface area contributed by atoms with Crippen molar-refractivity contribution in [1.29, 1.82) is 0 Å². The average molecular weight is 221 g/mol. The maximum absolute atomic E-state index is 5.83. The van der Waals surface area contributed by atoms with Gasteiger partial charge in [-0.05, 0) is 25.3 Å². The molecule has 0 aromatic carbocycles. The Labute approximate surface area is 96.4 Å². The molecular formula is C12H19N3O. The van der Waals surface area contributed by atoms with Crippen molar-refractivity contribution < 1.29 is 4.74 Å². The second-order valence-electron chi connectivity index (χ2n) is 4.52. The Bertz CT molecular complexity index is 335. The summed E-state index contributed by atoms with van der Waals surface area (Å²) in [4.78, 5) is 8.38. The second kappa shape index (κ2) is 5.25. The molecule has 1 aromatic heterocycles. The Hall–Kier alpha value is -1.16. The quantitative estimate of drug-likeness (QED) is 0.844. The topological polar surface area (TPSA) is 47.0 Å². The zero-order chi connectivity index (χ0) is 11.4. The average Bonchev–Trinajstić information content (AvgIpc) is 2.30. The van der Waals surface area contributed by atoms with Gasteiger partial charge in [-0.1, -0.05) is 13.8 Å². The number of hydrogen-bond donors (Lipinski definition) is 1. The van der Waals surface area contributed by atoms with E-state index in [0.717, 1.165) is 25.2 Å². The van der Waals surface area contributed by atoms with Crippen LogP contribution >= 0.6 is 0 Å². The van der Waals surface area contributed by atoms with Crippen LogP contribution in [0.3, 0.4) is 0 Å². The predicted molar refractivity (Wildman–Crippen MR) is 62.6 cm³/mol. The third kappa shape index (κ3) is 2.92. The van der Waals surface area contributed by atoms with E-state index in [-0.39, 0.29) is 6.10 Å². The Kier molecular flexibility index (Phi) is 3.72. The van der Waals surface area contributed by atoms with Gasteiger partial charge >= 0.3 is 0 Å². The lowest BCUT2D eigenvalue weighted by Gasteiger charge is -2.23. The molecule has 1 aliphatic rings. The lowest BCUT2D eigenvalue weighted by molar-refractivity contribution is 0.160. The van der Waals surface area contributed by atoms with Crippen molar-refractivity contribution in [3.05, 3.63) is 18.1 Å². The first-order chi connectivity index (χ1) is 7.75. The monoisotopic (exact) mass is 221 g/mol. The Morgan fingerprint density at radius 1 is 1.44 bits per heavy atom. The van der Waals surface area contributed by atoms with Gasteiger partial charge in [0.1, 0.15) is 12.4 Å². The summed E-state index contributed by atoms with van der Waals surface area (Å²) in [5, 5.41) is 3.32. The molecule has 1 atom stereocenters. The van der Waals surface area contributed by atoms with Crippen molar-refractivity contribution in [3.63, 3.8) is 0 Å². The molecule has 0 unspecified atom stereocenters. The molecule has 0 amide bonds. The predicted octanol–water partition coefficient (Wildman–Crippen LogP) is 1.73. The molecule has 1 fully saturated rings. The van der Waals surface area contributed by atoms with Crippen molar-refractivity contribution >= 4 is 0 Å². The molecule has 4 nitrogen and oxygen atoms in total. The highest BCUT2D eigenvalue weighted by atomic mass is 16.5. The van der Waals surface area contributed by atoms with Crippen LogP contribution in [0.1, 0.15) is 38.3 Å². The first kappa shape index (κ1) is 11.3. The van der Waals surface area contributed by atoms with Gasteiger partial charge in [0.25, 0.3) is 0 Å². The first-order valence-electron chi connectivity index (χ1n) is 5.95. The third-order valence-corrected chi connectivity index (χ3v) is 2.79. The molecule has 16 heavy (non-hydrogen) atoms. The Morgan fingerprint density at radius 2 is 2.31 bits per heavy atom. The second-order valence-corrected chi connectivity index (χ2v) is 4.52. The van der Waals surface area contributed by atoms with Gasteiger partial charge in [-0.2, -0.15) is 0 Å². The minimum Gasteiger partial charge on any atom is -0.473 e. The molecular weight excluding hydrogens is 202 g/mol. The van der Waals surface area contributed by atoms with Crippen molar-refractivity contribution in [1.82, 2.24) is 15.3 Å². The van der Waals surface area contributed by atoms with Crippen molar-refractivity contribution in [2.75, 3.05) is 13.1 Å². The maximum atomic E-state index is 5.83. The number of nitrogens with zero attached hydrogens (tertiary/aromatic N) is 2. The van der Waals surface area contributed by atoms with E-state index in [1.807, 2.05) is 6.07 Å². The molecule has 1 aliphatic heterocycles. The number of ether oxygens (including phenoxy) is 1. The normalized spacial score (nSPS) is 21.1. The summed E-state index contributed by atoms with van der Waals surface area (Å²) in [6.45, 7) is 6.25. The van der Waals surface area contributed by atoms with Crippen LogP contribution in [-0.2, 0) is 0 Å². The lowest BCUT2D eigenvalue weighted by Crippen LogP contribution is -2.37. The summed E-state index contributed by atoms with van der Waals surface area (Å²) in [5.41, 5.74) is 1.04. The highest BCUT2D eigenvalue weighted by Gasteiger charge is 2.15. The number of rotatable bonds is 3. The van der Waals surface area contributed by atoms with Crippen molar-refractivity contribution in [3.8, 4) is 5.88 Å². The molecule has 4 heteroatoms. The fourth-order valence-electron chi connectivity index (χ4n) is 1.82. The Balaban J connectivity index is 2.00. The molecule has 0 bridgehead atoms. The van der Waals surface area contributed by atoms with Crippen LogP contribution in [0.2, 0.25) is 0 Å². The summed E-state index contributed by atoms with van der Waals surface area (Å²) in [5.74, 6) is 1.11. The maximum Gasteiger partial charge on any atom is 0.216 e. The van der Waals surface area contributed by atoms with Crippen molar-refractivity contribution in [2.45, 2.75) is 38.7 Å². The zero-order valence-electron chi connectivity index (χ0n) is 9.94. The molecule has 88 valence electrons. The van der Waals surface area contributed by atoms with Crippen LogP contribution in [0.5, 0.6) is 5.88 Å². The van der Waals surface area contributed by atoms with E-state index in [1.54, 1.807) is 6.33 Å². The van der Waals surface area contributed by atoms with Crippen LogP contribution in [0, 0.1) is 0 Å². The van der Waals surface area contributed by atoms with Gasteiger partial charge in [0.05, 0.1) is 5.69 Å². The summed E-state index contributed by atoms with van der Waals surface area (Å²) in [6, 6.07) is 1.94. The molecule has 0 spiro atoms. The minimum absolute atomic E-state index is 0.253. The summed E-state index contributed by atoms with van der Waals surface area (Å²) in [7, 11) is 0. The summed E-state index contributed by atoms with van der Waals surface area (Å²) in [6.07, 6.45) is 4.12. The Morgan fingerprint density at radius 3 is 3.00 bits per heavy atom. The number of hydrogen-bond acceptors (Lipinski definition) is 4. The van der Waals surface area contributed by atoms with Crippen LogP contribution in [0.15, 0.2) is 12.4 Å². The standard InChI is InChI=1S/C12H19N3O/c1-9(2)11-6-12(15-8-14-11)16-10-4-3-5-13-7-10/h6,8-10,13H,3-5,7H2,1-2H3/t10-/m0/s1. The highest BCUT2D eigenvalue weighted by Crippen LogP contribution is 2.17. The van der Waals surface area contributed by atoms with Crippen LogP contribution in [0.25, 0.3) is 0 Å². The molecule has 1 N–H and O–H groups in total. The van der Waals surface area contributed by atoms with Crippen molar-refractivity contribution in [2.24, 2.45) is 0 Å². The minimum atomic E-state index is 0.253. The van der Waals surface area contributed by atoms with Crippen LogP contribution in [0.4, 0.5) is 0 Å². The smallest absolute Gasteiger partial charge is 0.216 e. The molecule has 1 saturated heterocycles. The number of piperidine rings is 1. The lowest BCUT2D eigenvalue weighted by atomic mass is 10.1. The molecule has 0 saturated carbocycles. The molecule has 2 rings (SSSR count). The molecule has 1 aromatic rings. The van der Waals surface area contributed by atoms with E-state index in [1.165, 1.54) is 6.42 Å².